The molecule has 0 saturated carbocycles. The van der Waals surface area contributed by atoms with Gasteiger partial charge in [0.1, 0.15) is 6.04 Å². The highest BCUT2D eigenvalue weighted by molar-refractivity contribution is 6.61. The summed E-state index contributed by atoms with van der Waals surface area (Å²) in [6.07, 6.45) is 0.733. The second-order valence-electron chi connectivity index (χ2n) is 5.99. The minimum atomic E-state index is -0.701. The molecular formula is C17H26BNO5. The van der Waals surface area contributed by atoms with Crippen LogP contribution in [0.4, 0.5) is 0 Å². The van der Waals surface area contributed by atoms with Crippen LogP contribution in [-0.2, 0) is 30.1 Å². The first kappa shape index (κ1) is 20.2. The minimum absolute atomic E-state index is 0.157. The van der Waals surface area contributed by atoms with Gasteiger partial charge in [0.05, 0.1) is 7.11 Å². The van der Waals surface area contributed by atoms with E-state index in [2.05, 4.69) is 5.32 Å². The number of benzene rings is 1. The van der Waals surface area contributed by atoms with Crippen molar-refractivity contribution in [2.75, 3.05) is 21.3 Å². The smallest absolute Gasteiger partial charge is 0.467 e. The molecule has 0 aliphatic rings. The topological polar surface area (TPSA) is 73.9 Å². The Balaban J connectivity index is 2.79. The second-order valence-corrected chi connectivity index (χ2v) is 5.99. The average molecular weight is 335 g/mol. The molecule has 0 aliphatic heterocycles. The third-order valence-electron chi connectivity index (χ3n) is 3.53. The van der Waals surface area contributed by atoms with E-state index in [1.165, 1.54) is 7.11 Å². The Morgan fingerprint density at radius 1 is 1.08 bits per heavy atom. The molecule has 0 saturated heterocycles. The van der Waals surface area contributed by atoms with Crippen LogP contribution >= 0.6 is 0 Å². The number of carbonyl (C=O) groups excluding carboxylic acids is 2. The van der Waals surface area contributed by atoms with Gasteiger partial charge in [-0.2, -0.15) is 0 Å². The highest BCUT2D eigenvalue weighted by atomic mass is 16.6. The van der Waals surface area contributed by atoms with Gasteiger partial charge in [0.2, 0.25) is 5.91 Å². The van der Waals surface area contributed by atoms with Crippen LogP contribution in [-0.4, -0.2) is 46.4 Å². The van der Waals surface area contributed by atoms with E-state index in [0.29, 0.717) is 12.8 Å². The Morgan fingerprint density at radius 3 is 2.12 bits per heavy atom. The number of methoxy groups -OCH3 is 1. The number of amides is 1. The molecule has 1 aromatic carbocycles. The summed E-state index contributed by atoms with van der Waals surface area (Å²) in [5.74, 6) is -0.388. The van der Waals surface area contributed by atoms with Crippen LogP contribution in [0.3, 0.4) is 0 Å². The van der Waals surface area contributed by atoms with Crippen molar-refractivity contribution in [1.82, 2.24) is 5.32 Å². The molecule has 132 valence electrons. The van der Waals surface area contributed by atoms with Gasteiger partial charge in [-0.25, -0.2) is 4.79 Å². The fourth-order valence-corrected chi connectivity index (χ4v) is 2.37. The van der Waals surface area contributed by atoms with Gasteiger partial charge < -0.3 is 19.4 Å². The van der Waals surface area contributed by atoms with Crippen molar-refractivity contribution in [3.8, 4) is 0 Å². The fraction of sp³-hybridized carbons (Fsp3) is 0.529. The van der Waals surface area contributed by atoms with Gasteiger partial charge in [0.25, 0.3) is 0 Å². The number of esters is 1. The molecule has 0 spiro atoms. The van der Waals surface area contributed by atoms with E-state index in [1.54, 1.807) is 14.2 Å². The van der Waals surface area contributed by atoms with Crippen LogP contribution in [0.2, 0.25) is 0 Å². The Morgan fingerprint density at radius 2 is 1.67 bits per heavy atom. The zero-order valence-corrected chi connectivity index (χ0v) is 15.0. The van der Waals surface area contributed by atoms with Gasteiger partial charge in [-0.15, -0.1) is 0 Å². The summed E-state index contributed by atoms with van der Waals surface area (Å²) in [4.78, 5) is 23.9. The average Bonchev–Trinajstić information content (AvgIpc) is 2.55. The predicted molar refractivity (Wildman–Crippen MR) is 93.0 cm³/mol. The van der Waals surface area contributed by atoms with E-state index < -0.39 is 19.1 Å². The van der Waals surface area contributed by atoms with Crippen LogP contribution < -0.4 is 10.8 Å². The number of ether oxygens (including phenoxy) is 1. The SMILES string of the molecule is COB(OC)c1ccc(C[C@H](NC(=O)CC(C)C)C(=O)OC)cc1. The maximum atomic E-state index is 11.9. The third-order valence-corrected chi connectivity index (χ3v) is 3.53. The lowest BCUT2D eigenvalue weighted by molar-refractivity contribution is -0.145. The van der Waals surface area contributed by atoms with Gasteiger partial charge in [0, 0.05) is 27.1 Å². The monoisotopic (exact) mass is 335 g/mol. The Labute approximate surface area is 144 Å². The van der Waals surface area contributed by atoms with Crippen LogP contribution in [0.1, 0.15) is 25.8 Å². The molecule has 0 unspecified atom stereocenters. The lowest BCUT2D eigenvalue weighted by Crippen LogP contribution is -2.43. The van der Waals surface area contributed by atoms with Gasteiger partial charge in [0.15, 0.2) is 0 Å². The summed E-state index contributed by atoms with van der Waals surface area (Å²) in [6, 6.07) is 6.80. The second kappa shape index (κ2) is 10.1. The molecule has 0 aliphatic carbocycles. The summed E-state index contributed by atoms with van der Waals surface area (Å²) in [5.41, 5.74) is 1.78. The van der Waals surface area contributed by atoms with E-state index in [9.17, 15) is 9.59 Å². The predicted octanol–water partition coefficient (Wildman–Crippen LogP) is 0.921. The lowest BCUT2D eigenvalue weighted by Gasteiger charge is -2.18. The van der Waals surface area contributed by atoms with Gasteiger partial charge in [-0.1, -0.05) is 38.1 Å². The highest BCUT2D eigenvalue weighted by Crippen LogP contribution is 2.06. The molecule has 0 heterocycles. The Bertz CT molecular complexity index is 528. The summed E-state index contributed by atoms with van der Waals surface area (Å²) >= 11 is 0. The van der Waals surface area contributed by atoms with Crippen LogP contribution in [0.25, 0.3) is 0 Å². The molecule has 7 heteroatoms. The summed E-state index contributed by atoms with van der Waals surface area (Å²) in [7, 11) is 4.02. The van der Waals surface area contributed by atoms with E-state index in [-0.39, 0.29) is 11.8 Å². The summed E-state index contributed by atoms with van der Waals surface area (Å²) in [5, 5.41) is 2.74. The first-order valence-electron chi connectivity index (χ1n) is 7.92. The van der Waals surface area contributed by atoms with E-state index >= 15 is 0 Å². The third kappa shape index (κ3) is 6.33. The zero-order chi connectivity index (χ0) is 18.1. The number of carbonyl (C=O) groups is 2. The van der Waals surface area contributed by atoms with Crippen molar-refractivity contribution >= 4 is 24.5 Å². The van der Waals surface area contributed by atoms with Gasteiger partial charge >= 0.3 is 13.1 Å². The first-order chi connectivity index (χ1) is 11.4. The number of rotatable bonds is 9. The minimum Gasteiger partial charge on any atom is -0.467 e. The largest absolute Gasteiger partial charge is 0.493 e. The van der Waals surface area contributed by atoms with Crippen LogP contribution in [0.5, 0.6) is 0 Å². The van der Waals surface area contributed by atoms with Crippen molar-refractivity contribution < 1.29 is 23.6 Å². The zero-order valence-electron chi connectivity index (χ0n) is 15.0. The van der Waals surface area contributed by atoms with Crippen molar-refractivity contribution in [1.29, 1.82) is 0 Å². The molecule has 0 radical (unpaired) electrons. The van der Waals surface area contributed by atoms with E-state index in [1.807, 2.05) is 38.1 Å². The van der Waals surface area contributed by atoms with Crippen molar-refractivity contribution in [2.24, 2.45) is 5.92 Å². The molecule has 0 aromatic heterocycles. The molecule has 1 amide bonds. The van der Waals surface area contributed by atoms with Crippen LogP contribution in [0.15, 0.2) is 24.3 Å². The number of nitrogens with one attached hydrogen (secondary N) is 1. The van der Waals surface area contributed by atoms with Crippen molar-refractivity contribution in [3.05, 3.63) is 29.8 Å². The molecule has 0 bridgehead atoms. The Hall–Kier alpha value is -1.86. The molecule has 1 rings (SSSR count). The number of hydrogen-bond acceptors (Lipinski definition) is 5. The highest BCUT2D eigenvalue weighted by Gasteiger charge is 2.23. The molecule has 0 fully saturated rings. The van der Waals surface area contributed by atoms with Crippen molar-refractivity contribution in [2.45, 2.75) is 32.7 Å². The fourth-order valence-electron chi connectivity index (χ4n) is 2.37. The van der Waals surface area contributed by atoms with Gasteiger partial charge in [-0.05, 0) is 16.9 Å². The Kier molecular flexibility index (Phi) is 8.50. The molecular weight excluding hydrogens is 309 g/mol. The molecule has 1 aromatic rings. The molecule has 1 N–H and O–H groups in total. The maximum Gasteiger partial charge on any atom is 0.493 e. The van der Waals surface area contributed by atoms with Crippen LogP contribution in [0, 0.1) is 5.92 Å². The maximum absolute atomic E-state index is 11.9. The normalized spacial score (nSPS) is 11.9. The molecule has 6 nitrogen and oxygen atoms in total. The first-order valence-corrected chi connectivity index (χ1v) is 7.92. The molecule has 1 atom stereocenters. The quantitative estimate of drug-likeness (QED) is 0.537. The standard InChI is InChI=1S/C17H26BNO5/c1-12(2)10-16(20)19-15(17(21)22-3)11-13-6-8-14(9-7-13)18(23-4)24-5/h6-9,12,15H,10-11H2,1-5H3,(H,19,20)/t15-/m0/s1. The van der Waals surface area contributed by atoms with E-state index in [0.717, 1.165) is 11.0 Å². The van der Waals surface area contributed by atoms with E-state index in [4.69, 9.17) is 14.0 Å². The molecule has 24 heavy (non-hydrogen) atoms. The van der Waals surface area contributed by atoms with Crippen molar-refractivity contribution in [3.63, 3.8) is 0 Å². The summed E-state index contributed by atoms with van der Waals surface area (Å²) in [6.45, 7) is 3.90. The summed E-state index contributed by atoms with van der Waals surface area (Å²) < 4.78 is 15.2. The lowest BCUT2D eigenvalue weighted by atomic mass is 9.78. The number of hydrogen-bond donors (Lipinski definition) is 1. The van der Waals surface area contributed by atoms with Gasteiger partial charge in [-0.3, -0.25) is 4.79 Å².